The van der Waals surface area contributed by atoms with Crippen molar-refractivity contribution >= 4 is 27.6 Å². The van der Waals surface area contributed by atoms with Crippen molar-refractivity contribution in [2.24, 2.45) is 0 Å². The number of amides is 2. The molecule has 0 radical (unpaired) electrons. The first kappa shape index (κ1) is 16.0. The molecule has 1 aromatic heterocycles. The van der Waals surface area contributed by atoms with Gasteiger partial charge in [-0.05, 0) is 65.4 Å². The predicted molar refractivity (Wildman–Crippen MR) is 95.6 cm³/mol. The minimum atomic E-state index is -0.0537. The third-order valence-corrected chi connectivity index (χ3v) is 5.03. The Hall–Kier alpha value is -1.88. The number of aryl methyl sites for hydroxylation is 2. The summed E-state index contributed by atoms with van der Waals surface area (Å²) in [6.07, 6.45) is 5.40. The Labute approximate surface area is 145 Å². The summed E-state index contributed by atoms with van der Waals surface area (Å²) in [5, 5.41) is 2.99. The highest BCUT2D eigenvalue weighted by molar-refractivity contribution is 9.10. The molecule has 2 aromatic rings. The summed E-state index contributed by atoms with van der Waals surface area (Å²) >= 11 is 3.42. The molecule has 3 rings (SSSR count). The van der Waals surface area contributed by atoms with Gasteiger partial charge in [0.1, 0.15) is 0 Å². The molecule has 1 unspecified atom stereocenters. The lowest BCUT2D eigenvalue weighted by molar-refractivity contribution is 0.207. The first-order valence-electron chi connectivity index (χ1n) is 7.81. The van der Waals surface area contributed by atoms with Crippen molar-refractivity contribution in [3.63, 3.8) is 0 Å². The fourth-order valence-corrected chi connectivity index (χ4v) is 3.68. The number of likely N-dealkylation sites (tertiary alicyclic amines) is 1. The van der Waals surface area contributed by atoms with Crippen LogP contribution < -0.4 is 5.32 Å². The molecule has 1 aliphatic rings. The van der Waals surface area contributed by atoms with Crippen LogP contribution in [0.15, 0.2) is 41.1 Å². The van der Waals surface area contributed by atoms with Crippen LogP contribution in [0, 0.1) is 13.8 Å². The molecular weight excluding hydrogens is 354 g/mol. The zero-order chi connectivity index (χ0) is 16.4. The van der Waals surface area contributed by atoms with E-state index >= 15 is 0 Å². The van der Waals surface area contributed by atoms with Crippen LogP contribution in [-0.2, 0) is 0 Å². The Morgan fingerprint density at radius 2 is 2.04 bits per heavy atom. The number of benzene rings is 1. The van der Waals surface area contributed by atoms with Gasteiger partial charge in [-0.3, -0.25) is 4.98 Å². The number of hydrogen-bond donors (Lipinski definition) is 1. The number of carbonyl (C=O) groups excluding carboxylic acids is 1. The van der Waals surface area contributed by atoms with Gasteiger partial charge in [-0.1, -0.05) is 18.2 Å². The number of halogens is 1. The number of nitrogens with one attached hydrogen (secondary N) is 1. The van der Waals surface area contributed by atoms with Crippen LogP contribution in [0.5, 0.6) is 0 Å². The maximum atomic E-state index is 12.7. The largest absolute Gasteiger partial charge is 0.322 e. The summed E-state index contributed by atoms with van der Waals surface area (Å²) < 4.78 is 0.788. The van der Waals surface area contributed by atoms with E-state index in [9.17, 15) is 4.79 Å². The Morgan fingerprint density at radius 1 is 1.30 bits per heavy atom. The van der Waals surface area contributed by atoms with Gasteiger partial charge in [0.2, 0.25) is 0 Å². The van der Waals surface area contributed by atoms with Gasteiger partial charge in [-0.2, -0.15) is 0 Å². The lowest BCUT2D eigenvalue weighted by Gasteiger charge is -2.28. The van der Waals surface area contributed by atoms with Crippen molar-refractivity contribution in [1.29, 1.82) is 0 Å². The highest BCUT2D eigenvalue weighted by Crippen LogP contribution is 2.36. The molecule has 5 heteroatoms. The molecule has 1 fully saturated rings. The van der Waals surface area contributed by atoms with Crippen LogP contribution in [0.25, 0.3) is 0 Å². The fraction of sp³-hybridized carbons (Fsp3) is 0.333. The molecular formula is C18H20BrN3O. The third-order valence-electron chi connectivity index (χ3n) is 4.40. The SMILES string of the molecule is Cc1cccc(C)c1C1CCCN1C(=O)Nc1ccncc1Br. The van der Waals surface area contributed by atoms with Crippen LogP contribution in [0.2, 0.25) is 0 Å². The zero-order valence-corrected chi connectivity index (χ0v) is 14.9. The van der Waals surface area contributed by atoms with Gasteiger partial charge in [-0.25, -0.2) is 4.79 Å². The van der Waals surface area contributed by atoms with Crippen LogP contribution in [0.3, 0.4) is 0 Å². The number of anilines is 1. The maximum Gasteiger partial charge on any atom is 0.322 e. The molecule has 1 atom stereocenters. The normalized spacial score (nSPS) is 17.3. The van der Waals surface area contributed by atoms with Crippen molar-refractivity contribution in [1.82, 2.24) is 9.88 Å². The van der Waals surface area contributed by atoms with Gasteiger partial charge in [0, 0.05) is 18.9 Å². The Balaban J connectivity index is 1.84. The van der Waals surface area contributed by atoms with E-state index in [1.807, 2.05) is 4.90 Å². The van der Waals surface area contributed by atoms with E-state index in [1.165, 1.54) is 16.7 Å². The first-order valence-corrected chi connectivity index (χ1v) is 8.60. The molecule has 1 saturated heterocycles. The molecule has 2 amide bonds. The lowest BCUT2D eigenvalue weighted by atomic mass is 9.94. The fourth-order valence-electron chi connectivity index (χ4n) is 3.33. The summed E-state index contributed by atoms with van der Waals surface area (Å²) in [6.45, 7) is 5.03. The topological polar surface area (TPSA) is 45.2 Å². The second-order valence-corrected chi connectivity index (χ2v) is 6.80. The number of nitrogens with zero attached hydrogens (tertiary/aromatic N) is 2. The van der Waals surface area contributed by atoms with Crippen LogP contribution in [-0.4, -0.2) is 22.5 Å². The summed E-state index contributed by atoms with van der Waals surface area (Å²) in [5.74, 6) is 0. The smallest absolute Gasteiger partial charge is 0.317 e. The lowest BCUT2D eigenvalue weighted by Crippen LogP contribution is -2.35. The molecule has 1 aliphatic heterocycles. The molecule has 23 heavy (non-hydrogen) atoms. The molecule has 1 aromatic carbocycles. The summed E-state index contributed by atoms with van der Waals surface area (Å²) in [6, 6.07) is 8.21. The zero-order valence-electron chi connectivity index (χ0n) is 13.3. The van der Waals surface area contributed by atoms with Crippen LogP contribution in [0.1, 0.15) is 35.6 Å². The van der Waals surface area contributed by atoms with E-state index in [0.717, 1.165) is 29.5 Å². The predicted octanol–water partition coefficient (Wildman–Crippen LogP) is 4.83. The molecule has 0 aliphatic carbocycles. The van der Waals surface area contributed by atoms with Gasteiger partial charge in [0.15, 0.2) is 0 Å². The number of urea groups is 1. The monoisotopic (exact) mass is 373 g/mol. The average Bonchev–Trinajstić information content (AvgIpc) is 2.99. The Kier molecular flexibility index (Phi) is 4.66. The Morgan fingerprint density at radius 3 is 2.74 bits per heavy atom. The molecule has 0 bridgehead atoms. The molecule has 120 valence electrons. The van der Waals surface area contributed by atoms with Crippen molar-refractivity contribution in [2.45, 2.75) is 32.7 Å². The number of aromatic nitrogens is 1. The molecule has 2 heterocycles. The highest BCUT2D eigenvalue weighted by Gasteiger charge is 2.31. The van der Waals surface area contributed by atoms with Crippen LogP contribution >= 0.6 is 15.9 Å². The maximum absolute atomic E-state index is 12.7. The van der Waals surface area contributed by atoms with E-state index in [4.69, 9.17) is 0 Å². The van der Waals surface area contributed by atoms with Gasteiger partial charge in [-0.15, -0.1) is 0 Å². The van der Waals surface area contributed by atoms with Gasteiger partial charge in [0.25, 0.3) is 0 Å². The van der Waals surface area contributed by atoms with E-state index in [-0.39, 0.29) is 12.1 Å². The standard InChI is InChI=1S/C18H20BrN3O/c1-12-5-3-6-13(2)17(12)16-7-4-10-22(16)18(23)21-15-8-9-20-11-14(15)19/h3,5-6,8-9,11,16H,4,7,10H2,1-2H3,(H,20,21,23). The van der Waals surface area contributed by atoms with Gasteiger partial charge in [0.05, 0.1) is 16.2 Å². The van der Waals surface area contributed by atoms with Crippen molar-refractivity contribution in [3.05, 3.63) is 57.8 Å². The van der Waals surface area contributed by atoms with E-state index < -0.39 is 0 Å². The van der Waals surface area contributed by atoms with Gasteiger partial charge >= 0.3 is 6.03 Å². The third kappa shape index (κ3) is 3.24. The molecule has 4 nitrogen and oxygen atoms in total. The number of pyridine rings is 1. The second-order valence-electron chi connectivity index (χ2n) is 5.94. The first-order chi connectivity index (χ1) is 11.1. The average molecular weight is 374 g/mol. The Bertz CT molecular complexity index is 712. The quantitative estimate of drug-likeness (QED) is 0.818. The number of hydrogen-bond acceptors (Lipinski definition) is 2. The van der Waals surface area contributed by atoms with Crippen molar-refractivity contribution in [2.75, 3.05) is 11.9 Å². The summed E-state index contributed by atoms with van der Waals surface area (Å²) in [5.41, 5.74) is 4.53. The second kappa shape index (κ2) is 6.71. The number of rotatable bonds is 2. The van der Waals surface area contributed by atoms with Gasteiger partial charge < -0.3 is 10.2 Å². The molecule has 1 N–H and O–H groups in total. The summed E-state index contributed by atoms with van der Waals surface area (Å²) in [4.78, 5) is 18.7. The van der Waals surface area contributed by atoms with Crippen molar-refractivity contribution in [3.8, 4) is 0 Å². The van der Waals surface area contributed by atoms with E-state index in [1.54, 1.807) is 18.5 Å². The van der Waals surface area contributed by atoms with E-state index in [0.29, 0.717) is 0 Å². The molecule has 0 spiro atoms. The van der Waals surface area contributed by atoms with Crippen molar-refractivity contribution < 1.29 is 4.79 Å². The minimum Gasteiger partial charge on any atom is -0.317 e. The molecule has 0 saturated carbocycles. The number of carbonyl (C=O) groups is 1. The minimum absolute atomic E-state index is 0.0537. The summed E-state index contributed by atoms with van der Waals surface area (Å²) in [7, 11) is 0. The van der Waals surface area contributed by atoms with Crippen LogP contribution in [0.4, 0.5) is 10.5 Å². The highest BCUT2D eigenvalue weighted by atomic mass is 79.9. The van der Waals surface area contributed by atoms with E-state index in [2.05, 4.69) is 58.3 Å².